The molecule has 0 aromatic heterocycles. The maximum absolute atomic E-state index is 11.8. The number of aromatic hydroxyl groups is 1. The van der Waals surface area contributed by atoms with Gasteiger partial charge in [-0.15, -0.1) is 6.58 Å². The minimum absolute atomic E-state index is 0.111. The summed E-state index contributed by atoms with van der Waals surface area (Å²) in [6.45, 7) is 7.34. The van der Waals surface area contributed by atoms with Crippen LogP contribution < -0.4 is 16.3 Å². The highest BCUT2D eigenvalue weighted by Gasteiger charge is 2.27. The number of para-hydroxylation sites is 1. The first-order chi connectivity index (χ1) is 11.5. The molecule has 7 heteroatoms. The number of rotatable bonds is 7. The molecule has 1 unspecified atom stereocenters. The fourth-order valence-corrected chi connectivity index (χ4v) is 2.32. The number of hydrogen-bond acceptors (Lipinski definition) is 5. The van der Waals surface area contributed by atoms with Crippen LogP contribution >= 0.6 is 0 Å². The molecule has 2 rings (SSSR count). The molecule has 0 radical (unpaired) electrons. The second-order valence-electron chi connectivity index (χ2n) is 5.37. The molecule has 1 aromatic carbocycles. The fraction of sp³-hybridized carbons (Fsp3) is 0.235. The normalized spacial score (nSPS) is 16.8. The largest absolute Gasteiger partial charge is 0.507 e. The van der Waals surface area contributed by atoms with E-state index in [9.17, 15) is 14.7 Å². The molecule has 1 aliphatic rings. The third-order valence-corrected chi connectivity index (χ3v) is 3.65. The van der Waals surface area contributed by atoms with E-state index in [-0.39, 0.29) is 24.0 Å². The van der Waals surface area contributed by atoms with Crippen molar-refractivity contribution in [2.45, 2.75) is 19.3 Å². The lowest BCUT2D eigenvalue weighted by Crippen LogP contribution is -2.26. The smallest absolute Gasteiger partial charge is 0.247 e. The summed E-state index contributed by atoms with van der Waals surface area (Å²) in [6, 6.07) is 5.27. The molecule has 4 N–H and O–H groups in total. The van der Waals surface area contributed by atoms with E-state index in [1.807, 2.05) is 0 Å². The summed E-state index contributed by atoms with van der Waals surface area (Å²) in [5, 5.41) is 13.9. The molecular formula is C17H20N4O3. The lowest BCUT2D eigenvalue weighted by Gasteiger charge is -2.06. The highest BCUT2D eigenvalue weighted by atomic mass is 16.3. The predicted molar refractivity (Wildman–Crippen MR) is 90.9 cm³/mol. The van der Waals surface area contributed by atoms with Crippen LogP contribution in [0.25, 0.3) is 0 Å². The zero-order valence-electron chi connectivity index (χ0n) is 13.2. The molecular weight excluding hydrogens is 308 g/mol. The molecule has 1 atom stereocenters. The first-order valence-electron chi connectivity index (χ1n) is 7.51. The molecule has 24 heavy (non-hydrogen) atoms. The number of benzene rings is 1. The Morgan fingerprint density at radius 1 is 1.42 bits per heavy atom. The van der Waals surface area contributed by atoms with Gasteiger partial charge in [-0.05, 0) is 24.5 Å². The van der Waals surface area contributed by atoms with Crippen molar-refractivity contribution in [3.05, 3.63) is 54.3 Å². The highest BCUT2D eigenvalue weighted by Crippen LogP contribution is 2.21. The van der Waals surface area contributed by atoms with Gasteiger partial charge in [-0.2, -0.15) is 5.10 Å². The maximum atomic E-state index is 11.8. The van der Waals surface area contributed by atoms with Crippen molar-refractivity contribution in [1.82, 2.24) is 16.3 Å². The number of nitrogens with zero attached hydrogens (tertiary/aromatic N) is 1. The number of phenols is 1. The SMILES string of the molecule is C=CCc1cccc(/C=N/NC(=O)CCC2C(=C)NNC2=O)c1O. The zero-order valence-corrected chi connectivity index (χ0v) is 13.2. The van der Waals surface area contributed by atoms with Crippen molar-refractivity contribution < 1.29 is 14.7 Å². The molecule has 1 aromatic rings. The third kappa shape index (κ3) is 4.22. The molecule has 1 heterocycles. The van der Waals surface area contributed by atoms with Crippen LogP contribution in [0.3, 0.4) is 0 Å². The molecule has 0 bridgehead atoms. The average Bonchev–Trinajstić information content (AvgIpc) is 2.87. The van der Waals surface area contributed by atoms with Crippen molar-refractivity contribution in [2.24, 2.45) is 11.0 Å². The summed E-state index contributed by atoms with van der Waals surface area (Å²) in [7, 11) is 0. The number of phenolic OH excluding ortho intramolecular Hbond substituents is 1. The quantitative estimate of drug-likeness (QED) is 0.342. The first kappa shape index (κ1) is 17.3. The summed E-state index contributed by atoms with van der Waals surface area (Å²) in [5.74, 6) is -0.819. The van der Waals surface area contributed by atoms with Crippen LogP contribution in [0.4, 0.5) is 0 Å². The van der Waals surface area contributed by atoms with Crippen LogP contribution in [0.15, 0.2) is 48.2 Å². The number of hydrogen-bond donors (Lipinski definition) is 4. The summed E-state index contributed by atoms with van der Waals surface area (Å²) in [4.78, 5) is 23.3. The van der Waals surface area contributed by atoms with E-state index in [0.717, 1.165) is 5.56 Å². The van der Waals surface area contributed by atoms with Gasteiger partial charge in [0.1, 0.15) is 5.75 Å². The van der Waals surface area contributed by atoms with Gasteiger partial charge in [0, 0.05) is 17.7 Å². The highest BCUT2D eigenvalue weighted by molar-refractivity contribution is 5.86. The summed E-state index contributed by atoms with van der Waals surface area (Å²) >= 11 is 0. The number of hydrazine groups is 1. The standard InChI is InChI=1S/C17H20N4O3/c1-3-5-12-6-4-7-13(16(12)23)10-18-20-15(22)9-8-14-11(2)19-21-17(14)24/h3-4,6-7,10,14,19,23H,1-2,5,8-9H2,(H,20,22)(H,21,24)/b18-10+. The summed E-state index contributed by atoms with van der Waals surface area (Å²) < 4.78 is 0. The molecule has 1 saturated heterocycles. The number of hydrazone groups is 1. The molecule has 126 valence electrons. The monoisotopic (exact) mass is 328 g/mol. The summed E-state index contributed by atoms with van der Waals surface area (Å²) in [6.07, 6.45) is 4.10. The van der Waals surface area contributed by atoms with Crippen LogP contribution in [0.2, 0.25) is 0 Å². The van der Waals surface area contributed by atoms with Crippen molar-refractivity contribution in [2.75, 3.05) is 0 Å². The molecule has 0 saturated carbocycles. The lowest BCUT2D eigenvalue weighted by molar-refractivity contribution is -0.123. The number of carbonyl (C=O) groups excluding carboxylic acids is 2. The van der Waals surface area contributed by atoms with Crippen molar-refractivity contribution >= 4 is 18.0 Å². The maximum Gasteiger partial charge on any atom is 0.247 e. The van der Waals surface area contributed by atoms with E-state index >= 15 is 0 Å². The second kappa shape index (κ2) is 7.96. The van der Waals surface area contributed by atoms with E-state index in [2.05, 4.69) is 34.5 Å². The third-order valence-electron chi connectivity index (χ3n) is 3.65. The Bertz CT molecular complexity index is 681. The lowest BCUT2D eigenvalue weighted by atomic mass is 10.0. The molecule has 7 nitrogen and oxygen atoms in total. The Labute approximate surface area is 140 Å². The van der Waals surface area contributed by atoms with E-state index in [4.69, 9.17) is 0 Å². The van der Waals surface area contributed by atoms with Gasteiger partial charge >= 0.3 is 0 Å². The van der Waals surface area contributed by atoms with Crippen molar-refractivity contribution in [3.63, 3.8) is 0 Å². The van der Waals surface area contributed by atoms with Gasteiger partial charge in [0.15, 0.2) is 0 Å². The average molecular weight is 328 g/mol. The molecule has 0 aliphatic carbocycles. The Kier molecular flexibility index (Phi) is 5.73. The molecule has 1 aliphatic heterocycles. The topological polar surface area (TPSA) is 103 Å². The van der Waals surface area contributed by atoms with Gasteiger partial charge in [0.2, 0.25) is 11.8 Å². The van der Waals surface area contributed by atoms with Crippen LogP contribution in [0, 0.1) is 5.92 Å². The Morgan fingerprint density at radius 2 is 2.21 bits per heavy atom. The van der Waals surface area contributed by atoms with Crippen LogP contribution in [-0.2, 0) is 16.0 Å². The van der Waals surface area contributed by atoms with Gasteiger partial charge in [-0.25, -0.2) is 5.43 Å². The first-order valence-corrected chi connectivity index (χ1v) is 7.51. The van der Waals surface area contributed by atoms with Crippen LogP contribution in [0.1, 0.15) is 24.0 Å². The van der Waals surface area contributed by atoms with Gasteiger partial charge in [-0.3, -0.25) is 15.0 Å². The molecule has 2 amide bonds. The van der Waals surface area contributed by atoms with Crippen LogP contribution in [0.5, 0.6) is 5.75 Å². The van der Waals surface area contributed by atoms with E-state index in [1.54, 1.807) is 24.3 Å². The van der Waals surface area contributed by atoms with E-state index in [0.29, 0.717) is 24.1 Å². The Hall–Kier alpha value is -3.09. The minimum Gasteiger partial charge on any atom is -0.507 e. The number of nitrogens with one attached hydrogen (secondary N) is 3. The summed E-state index contributed by atoms with van der Waals surface area (Å²) in [5.41, 5.74) is 9.26. The van der Waals surface area contributed by atoms with Crippen LogP contribution in [-0.4, -0.2) is 23.1 Å². The van der Waals surface area contributed by atoms with Crippen molar-refractivity contribution in [1.29, 1.82) is 0 Å². The molecule has 1 fully saturated rings. The number of carbonyl (C=O) groups is 2. The van der Waals surface area contributed by atoms with Crippen molar-refractivity contribution in [3.8, 4) is 5.75 Å². The van der Waals surface area contributed by atoms with Gasteiger partial charge in [-0.1, -0.05) is 24.8 Å². The van der Waals surface area contributed by atoms with Gasteiger partial charge < -0.3 is 10.5 Å². The fourth-order valence-electron chi connectivity index (χ4n) is 2.32. The molecule has 0 spiro atoms. The minimum atomic E-state index is -0.417. The predicted octanol–water partition coefficient (Wildman–Crippen LogP) is 1.12. The van der Waals surface area contributed by atoms with Gasteiger partial charge in [0.05, 0.1) is 12.1 Å². The van der Waals surface area contributed by atoms with Gasteiger partial charge in [0.25, 0.3) is 0 Å². The van der Waals surface area contributed by atoms with E-state index in [1.165, 1.54) is 6.21 Å². The second-order valence-corrected chi connectivity index (χ2v) is 5.37. The van der Waals surface area contributed by atoms with E-state index < -0.39 is 5.92 Å². The number of allylic oxidation sites excluding steroid dienone is 1. The zero-order chi connectivity index (χ0) is 17.5. The Balaban J connectivity index is 1.86. The number of amides is 2. The Morgan fingerprint density at radius 3 is 2.88 bits per heavy atom.